The summed E-state index contributed by atoms with van der Waals surface area (Å²) in [6.07, 6.45) is 0.408. The molecule has 4 nitrogen and oxygen atoms in total. The number of carboxylic acid groups (broad SMARTS) is 1. The van der Waals surface area contributed by atoms with E-state index in [1.165, 1.54) is 6.07 Å². The van der Waals surface area contributed by atoms with E-state index in [1.54, 1.807) is 12.1 Å². The van der Waals surface area contributed by atoms with E-state index in [2.05, 4.69) is 4.98 Å². The number of H-pyrrole nitrogens is 1. The summed E-state index contributed by atoms with van der Waals surface area (Å²) in [6, 6.07) is 4.70. The van der Waals surface area contributed by atoms with Gasteiger partial charge in [0, 0.05) is 11.8 Å². The lowest BCUT2D eigenvalue weighted by Crippen LogP contribution is -2.07. The van der Waals surface area contributed by atoms with Crippen LogP contribution in [0.25, 0.3) is 0 Å². The molecule has 72 valence electrons. The van der Waals surface area contributed by atoms with Crippen molar-refractivity contribution in [2.45, 2.75) is 12.8 Å². The van der Waals surface area contributed by atoms with Gasteiger partial charge in [-0.05, 0) is 12.5 Å². The van der Waals surface area contributed by atoms with Gasteiger partial charge in [0.15, 0.2) is 0 Å². The Balaban J connectivity index is 0.00000144. The van der Waals surface area contributed by atoms with Gasteiger partial charge in [0.1, 0.15) is 0 Å². The molecule has 0 amide bonds. The molecule has 1 aromatic heterocycles. The van der Waals surface area contributed by atoms with E-state index in [0.29, 0.717) is 12.1 Å². The SMILES string of the molecule is Cl.O=C(O)CCc1cccc(=O)[nH]1. The van der Waals surface area contributed by atoms with Crippen LogP contribution in [0.1, 0.15) is 12.1 Å². The zero-order valence-corrected chi connectivity index (χ0v) is 7.63. The number of aromatic amines is 1. The fraction of sp³-hybridized carbons (Fsp3) is 0.250. The Morgan fingerprint density at radius 2 is 2.15 bits per heavy atom. The lowest BCUT2D eigenvalue weighted by Gasteiger charge is -1.96. The number of rotatable bonds is 3. The highest BCUT2D eigenvalue weighted by Crippen LogP contribution is 1.95. The highest BCUT2D eigenvalue weighted by Gasteiger charge is 1.98. The van der Waals surface area contributed by atoms with Gasteiger partial charge in [0.25, 0.3) is 0 Å². The maximum absolute atomic E-state index is 10.7. The molecule has 0 unspecified atom stereocenters. The van der Waals surface area contributed by atoms with E-state index in [9.17, 15) is 9.59 Å². The van der Waals surface area contributed by atoms with Crippen molar-refractivity contribution in [3.63, 3.8) is 0 Å². The van der Waals surface area contributed by atoms with Crippen molar-refractivity contribution in [1.29, 1.82) is 0 Å². The normalized spacial score (nSPS) is 8.92. The van der Waals surface area contributed by atoms with Crippen molar-refractivity contribution < 1.29 is 9.90 Å². The third-order valence-corrected chi connectivity index (χ3v) is 1.44. The summed E-state index contributed by atoms with van der Waals surface area (Å²) < 4.78 is 0. The van der Waals surface area contributed by atoms with Crippen LogP contribution in [0.4, 0.5) is 0 Å². The molecule has 0 fully saturated rings. The van der Waals surface area contributed by atoms with Crippen LogP contribution in [0.2, 0.25) is 0 Å². The Morgan fingerprint density at radius 3 is 2.69 bits per heavy atom. The molecule has 0 saturated carbocycles. The Hall–Kier alpha value is -1.29. The highest BCUT2D eigenvalue weighted by molar-refractivity contribution is 5.85. The van der Waals surface area contributed by atoms with Crippen molar-refractivity contribution in [2.24, 2.45) is 0 Å². The van der Waals surface area contributed by atoms with Crippen LogP contribution >= 0.6 is 12.4 Å². The third kappa shape index (κ3) is 4.32. The summed E-state index contributed by atoms with van der Waals surface area (Å²) in [5.74, 6) is -0.861. The molecule has 1 rings (SSSR count). The largest absolute Gasteiger partial charge is 0.481 e. The fourth-order valence-corrected chi connectivity index (χ4v) is 0.881. The monoisotopic (exact) mass is 203 g/mol. The molecule has 0 aliphatic heterocycles. The minimum atomic E-state index is -0.861. The Bertz CT molecular complexity index is 334. The molecule has 5 heteroatoms. The highest BCUT2D eigenvalue weighted by atomic mass is 35.5. The molecule has 1 heterocycles. The van der Waals surface area contributed by atoms with Crippen LogP contribution in [-0.2, 0) is 11.2 Å². The van der Waals surface area contributed by atoms with Crippen molar-refractivity contribution in [2.75, 3.05) is 0 Å². The minimum absolute atomic E-state index is 0. The van der Waals surface area contributed by atoms with Gasteiger partial charge in [-0.25, -0.2) is 0 Å². The molecule has 0 atom stereocenters. The van der Waals surface area contributed by atoms with E-state index in [0.717, 1.165) is 0 Å². The van der Waals surface area contributed by atoms with Gasteiger partial charge in [-0.1, -0.05) is 6.07 Å². The van der Waals surface area contributed by atoms with Crippen molar-refractivity contribution >= 4 is 18.4 Å². The first kappa shape index (κ1) is 11.7. The van der Waals surface area contributed by atoms with Gasteiger partial charge in [0.05, 0.1) is 6.42 Å². The second-order valence-electron chi connectivity index (χ2n) is 2.43. The first-order chi connectivity index (χ1) is 5.68. The summed E-state index contributed by atoms with van der Waals surface area (Å²) >= 11 is 0. The average molecular weight is 204 g/mol. The number of hydrogen-bond donors (Lipinski definition) is 2. The molecular weight excluding hydrogens is 194 g/mol. The second-order valence-corrected chi connectivity index (χ2v) is 2.43. The number of carboxylic acids is 1. The first-order valence-electron chi connectivity index (χ1n) is 3.58. The molecule has 0 radical (unpaired) electrons. The smallest absolute Gasteiger partial charge is 0.303 e. The third-order valence-electron chi connectivity index (χ3n) is 1.44. The van der Waals surface area contributed by atoms with E-state index in [4.69, 9.17) is 5.11 Å². The molecular formula is C8H10ClNO3. The summed E-state index contributed by atoms with van der Waals surface area (Å²) in [5, 5.41) is 8.35. The number of aryl methyl sites for hydroxylation is 1. The zero-order chi connectivity index (χ0) is 8.97. The van der Waals surface area contributed by atoms with Gasteiger partial charge in [-0.3, -0.25) is 9.59 Å². The predicted molar refractivity (Wildman–Crippen MR) is 50.3 cm³/mol. The second kappa shape index (κ2) is 5.37. The van der Waals surface area contributed by atoms with Crippen LogP contribution in [0.3, 0.4) is 0 Å². The maximum atomic E-state index is 10.7. The van der Waals surface area contributed by atoms with Gasteiger partial charge in [0.2, 0.25) is 5.56 Å². The van der Waals surface area contributed by atoms with Gasteiger partial charge >= 0.3 is 5.97 Å². The number of pyridine rings is 1. The van der Waals surface area contributed by atoms with Crippen LogP contribution in [0.5, 0.6) is 0 Å². The predicted octanol–water partition coefficient (Wildman–Crippen LogP) is 0.814. The van der Waals surface area contributed by atoms with Crippen LogP contribution in [-0.4, -0.2) is 16.1 Å². The Morgan fingerprint density at radius 1 is 1.46 bits per heavy atom. The number of hydrogen-bond acceptors (Lipinski definition) is 2. The topological polar surface area (TPSA) is 70.2 Å². The fourth-order valence-electron chi connectivity index (χ4n) is 0.881. The number of nitrogens with one attached hydrogen (secondary N) is 1. The molecule has 0 bridgehead atoms. The Labute approximate surface area is 81.0 Å². The number of aliphatic carboxylic acids is 1. The zero-order valence-electron chi connectivity index (χ0n) is 6.82. The quantitative estimate of drug-likeness (QED) is 0.764. The number of carbonyl (C=O) groups is 1. The molecule has 0 saturated heterocycles. The molecule has 0 aromatic carbocycles. The van der Waals surface area contributed by atoms with Crippen molar-refractivity contribution in [3.8, 4) is 0 Å². The van der Waals surface area contributed by atoms with Gasteiger partial charge in [-0.2, -0.15) is 0 Å². The van der Waals surface area contributed by atoms with E-state index >= 15 is 0 Å². The number of halogens is 1. The van der Waals surface area contributed by atoms with Gasteiger partial charge < -0.3 is 10.1 Å². The molecule has 2 N–H and O–H groups in total. The lowest BCUT2D eigenvalue weighted by molar-refractivity contribution is -0.136. The van der Waals surface area contributed by atoms with Crippen LogP contribution < -0.4 is 5.56 Å². The summed E-state index contributed by atoms with van der Waals surface area (Å²) in [7, 11) is 0. The van der Waals surface area contributed by atoms with Crippen molar-refractivity contribution in [1.82, 2.24) is 4.98 Å². The summed E-state index contributed by atoms with van der Waals surface area (Å²) in [5.41, 5.74) is 0.461. The maximum Gasteiger partial charge on any atom is 0.303 e. The molecule has 1 aromatic rings. The van der Waals surface area contributed by atoms with E-state index in [-0.39, 0.29) is 24.4 Å². The van der Waals surface area contributed by atoms with Crippen LogP contribution in [0.15, 0.2) is 23.0 Å². The van der Waals surface area contributed by atoms with E-state index in [1.807, 2.05) is 0 Å². The standard InChI is InChI=1S/C8H9NO3.ClH/c10-7-3-1-2-6(9-7)4-5-8(11)12;/h1-3H,4-5H2,(H,9,10)(H,11,12);1H. The molecule has 0 spiro atoms. The summed E-state index contributed by atoms with van der Waals surface area (Å²) in [6.45, 7) is 0. The Kier molecular flexibility index (Phi) is 4.84. The van der Waals surface area contributed by atoms with E-state index < -0.39 is 5.97 Å². The minimum Gasteiger partial charge on any atom is -0.481 e. The molecule has 0 aliphatic rings. The molecule has 0 aliphatic carbocycles. The number of aromatic nitrogens is 1. The summed E-state index contributed by atoms with van der Waals surface area (Å²) in [4.78, 5) is 23.4. The average Bonchev–Trinajstić information content (AvgIpc) is 2.01. The molecule has 13 heavy (non-hydrogen) atoms. The van der Waals surface area contributed by atoms with Crippen LogP contribution in [0, 0.1) is 0 Å². The van der Waals surface area contributed by atoms with Gasteiger partial charge in [-0.15, -0.1) is 12.4 Å². The van der Waals surface area contributed by atoms with Crippen molar-refractivity contribution in [3.05, 3.63) is 34.2 Å². The lowest BCUT2D eigenvalue weighted by atomic mass is 10.2. The first-order valence-corrected chi connectivity index (χ1v) is 3.58.